The van der Waals surface area contributed by atoms with Crippen LogP contribution in [0.3, 0.4) is 0 Å². The molecule has 2 amide bonds. The third-order valence-electron chi connectivity index (χ3n) is 3.46. The topological polar surface area (TPSA) is 105 Å². The van der Waals surface area contributed by atoms with E-state index in [2.05, 4.69) is 15.6 Å². The van der Waals surface area contributed by atoms with Crippen molar-refractivity contribution >= 4 is 59.7 Å². The van der Waals surface area contributed by atoms with Crippen LogP contribution < -0.4 is 10.6 Å². The number of thiophene rings is 1. The van der Waals surface area contributed by atoms with E-state index in [1.165, 1.54) is 28.7 Å². The number of hydrogen-bond donors (Lipinski definition) is 2. The summed E-state index contributed by atoms with van der Waals surface area (Å²) in [5.74, 6) is -0.495. The van der Waals surface area contributed by atoms with Gasteiger partial charge in [-0.05, 0) is 29.6 Å². The van der Waals surface area contributed by atoms with Gasteiger partial charge >= 0.3 is 0 Å². The number of aromatic nitrogens is 1. The Labute approximate surface area is 158 Å². The molecule has 0 aliphatic carbocycles. The minimum Gasteiger partial charge on any atom is -0.351 e. The van der Waals surface area contributed by atoms with Crippen molar-refractivity contribution in [3.63, 3.8) is 0 Å². The average molecular weight is 410 g/mol. The van der Waals surface area contributed by atoms with Crippen LogP contribution in [-0.2, 0) is 14.6 Å². The first-order valence-electron chi connectivity index (χ1n) is 7.54. The number of carbonyl (C=O) groups excluding carboxylic acids is 2. The van der Waals surface area contributed by atoms with Crippen molar-refractivity contribution < 1.29 is 18.0 Å². The van der Waals surface area contributed by atoms with Crippen molar-refractivity contribution in [1.29, 1.82) is 0 Å². The predicted octanol–water partition coefficient (Wildman–Crippen LogP) is 2.52. The minimum atomic E-state index is -3.29. The number of nitrogens with zero attached hydrogens (tertiary/aromatic N) is 1. The molecular formula is C16H15N3O4S3. The maximum absolute atomic E-state index is 12.0. The second-order valence-electron chi connectivity index (χ2n) is 5.49. The molecule has 0 radical (unpaired) electrons. The van der Waals surface area contributed by atoms with Crippen LogP contribution in [-0.4, -0.2) is 38.0 Å². The van der Waals surface area contributed by atoms with Gasteiger partial charge in [0.15, 0.2) is 15.0 Å². The van der Waals surface area contributed by atoms with Gasteiger partial charge in [0.25, 0.3) is 5.91 Å². The van der Waals surface area contributed by atoms with E-state index in [-0.39, 0.29) is 29.7 Å². The average Bonchev–Trinajstić information content (AvgIpc) is 3.22. The van der Waals surface area contributed by atoms with E-state index in [4.69, 9.17) is 0 Å². The number of thiazole rings is 1. The summed E-state index contributed by atoms with van der Waals surface area (Å²) in [5.41, 5.74) is 1.19. The molecule has 0 saturated heterocycles. The Hall–Kier alpha value is -2.30. The predicted molar refractivity (Wildman–Crippen MR) is 103 cm³/mol. The normalized spacial score (nSPS) is 11.4. The third kappa shape index (κ3) is 4.45. The Morgan fingerprint density at radius 3 is 2.73 bits per heavy atom. The summed E-state index contributed by atoms with van der Waals surface area (Å²) < 4.78 is 23.9. The fourth-order valence-electron chi connectivity index (χ4n) is 2.16. The lowest BCUT2D eigenvalue weighted by atomic mass is 10.3. The van der Waals surface area contributed by atoms with E-state index >= 15 is 0 Å². The van der Waals surface area contributed by atoms with Gasteiger partial charge in [-0.25, -0.2) is 13.4 Å². The van der Waals surface area contributed by atoms with E-state index in [0.717, 1.165) is 6.26 Å². The molecule has 0 atom stereocenters. The monoisotopic (exact) mass is 409 g/mol. The Morgan fingerprint density at radius 2 is 2.04 bits per heavy atom. The largest absolute Gasteiger partial charge is 0.351 e. The molecule has 2 N–H and O–H groups in total. The number of sulfone groups is 1. The number of nitrogens with one attached hydrogen (secondary N) is 2. The van der Waals surface area contributed by atoms with Gasteiger partial charge in [-0.3, -0.25) is 9.59 Å². The third-order valence-corrected chi connectivity index (χ3v) is 6.18. The zero-order valence-corrected chi connectivity index (χ0v) is 16.1. The van der Waals surface area contributed by atoms with Crippen molar-refractivity contribution in [3.05, 3.63) is 40.6 Å². The first-order chi connectivity index (χ1) is 12.3. The first kappa shape index (κ1) is 18.5. The highest BCUT2D eigenvalue weighted by atomic mass is 32.2. The molecule has 1 aromatic carbocycles. The summed E-state index contributed by atoms with van der Waals surface area (Å²) in [6, 6.07) is 6.35. The molecule has 0 spiro atoms. The summed E-state index contributed by atoms with van der Waals surface area (Å²) in [6.07, 6.45) is 1.25. The Balaban J connectivity index is 1.58. The van der Waals surface area contributed by atoms with Crippen LogP contribution in [0, 0.1) is 0 Å². The second kappa shape index (κ2) is 7.52. The van der Waals surface area contributed by atoms with E-state index in [1.54, 1.807) is 23.6 Å². The highest BCUT2D eigenvalue weighted by Crippen LogP contribution is 2.28. The molecule has 2 heterocycles. The fourth-order valence-corrected chi connectivity index (χ4v) is 4.44. The lowest BCUT2D eigenvalue weighted by molar-refractivity contribution is -0.116. The summed E-state index contributed by atoms with van der Waals surface area (Å²) in [5, 5.41) is 9.28. The quantitative estimate of drug-likeness (QED) is 0.651. The molecule has 3 rings (SSSR count). The van der Waals surface area contributed by atoms with Crippen molar-refractivity contribution in [2.75, 3.05) is 18.1 Å². The molecule has 10 heteroatoms. The van der Waals surface area contributed by atoms with Crippen LogP contribution >= 0.6 is 22.7 Å². The second-order valence-corrected chi connectivity index (χ2v) is 9.31. The van der Waals surface area contributed by atoms with Crippen LogP contribution in [0.15, 0.2) is 39.9 Å². The van der Waals surface area contributed by atoms with Gasteiger partial charge in [0.05, 0.1) is 15.1 Å². The van der Waals surface area contributed by atoms with Gasteiger partial charge in [0.1, 0.15) is 0 Å². The van der Waals surface area contributed by atoms with E-state index in [0.29, 0.717) is 20.9 Å². The minimum absolute atomic E-state index is 0.111. The molecule has 3 aromatic rings. The van der Waals surface area contributed by atoms with Crippen LogP contribution in [0.1, 0.15) is 16.8 Å². The lowest BCUT2D eigenvalue weighted by Crippen LogP contribution is -2.27. The van der Waals surface area contributed by atoms with Gasteiger partial charge in [-0.2, -0.15) is 11.3 Å². The molecule has 7 nitrogen and oxygen atoms in total. The Bertz CT molecular complexity index is 1060. The summed E-state index contributed by atoms with van der Waals surface area (Å²) >= 11 is 2.63. The van der Waals surface area contributed by atoms with Gasteiger partial charge in [0.2, 0.25) is 5.91 Å². The molecular weight excluding hydrogens is 394 g/mol. The maximum atomic E-state index is 12.0. The highest BCUT2D eigenvalue weighted by molar-refractivity contribution is 7.90. The van der Waals surface area contributed by atoms with Gasteiger partial charge < -0.3 is 10.6 Å². The van der Waals surface area contributed by atoms with Crippen molar-refractivity contribution in [2.24, 2.45) is 0 Å². The molecule has 136 valence electrons. The number of fused-ring (bicyclic) bond motifs is 1. The van der Waals surface area contributed by atoms with Crippen LogP contribution in [0.5, 0.6) is 0 Å². The number of anilines is 1. The first-order valence-corrected chi connectivity index (χ1v) is 11.2. The molecule has 26 heavy (non-hydrogen) atoms. The van der Waals surface area contributed by atoms with Crippen molar-refractivity contribution in [2.45, 2.75) is 11.3 Å². The van der Waals surface area contributed by atoms with Crippen LogP contribution in [0.2, 0.25) is 0 Å². The van der Waals surface area contributed by atoms with Crippen molar-refractivity contribution in [3.8, 4) is 0 Å². The Morgan fingerprint density at radius 1 is 1.23 bits per heavy atom. The standard InChI is InChI=1S/C16H15N3O4S3/c1-26(22,23)11-2-3-12-13(8-11)25-16(18-12)19-14(20)4-6-17-15(21)10-5-7-24-9-10/h2-3,5,7-9H,4,6H2,1H3,(H,17,21)(H,18,19,20). The molecule has 0 fully saturated rings. The van der Waals surface area contributed by atoms with E-state index < -0.39 is 9.84 Å². The highest BCUT2D eigenvalue weighted by Gasteiger charge is 2.12. The Kier molecular flexibility index (Phi) is 5.35. The number of benzene rings is 1. The van der Waals surface area contributed by atoms with Gasteiger partial charge in [-0.15, -0.1) is 0 Å². The number of hydrogen-bond acceptors (Lipinski definition) is 7. The smallest absolute Gasteiger partial charge is 0.252 e. The molecule has 2 aromatic heterocycles. The molecule has 0 aliphatic heterocycles. The zero-order valence-electron chi connectivity index (χ0n) is 13.7. The molecule has 0 aliphatic rings. The van der Waals surface area contributed by atoms with E-state index in [1.807, 2.05) is 5.38 Å². The SMILES string of the molecule is CS(=O)(=O)c1ccc2nc(NC(=O)CCNC(=O)c3ccsc3)sc2c1. The number of carbonyl (C=O) groups is 2. The lowest BCUT2D eigenvalue weighted by Gasteiger charge is -2.03. The summed E-state index contributed by atoms with van der Waals surface area (Å²) in [6.45, 7) is 0.212. The summed E-state index contributed by atoms with van der Waals surface area (Å²) in [7, 11) is -3.29. The maximum Gasteiger partial charge on any atom is 0.252 e. The van der Waals surface area contributed by atoms with Crippen LogP contribution in [0.25, 0.3) is 10.2 Å². The van der Waals surface area contributed by atoms with E-state index in [9.17, 15) is 18.0 Å². The summed E-state index contributed by atoms with van der Waals surface area (Å²) in [4.78, 5) is 28.3. The van der Waals surface area contributed by atoms with Gasteiger partial charge in [0, 0.05) is 30.2 Å². The number of rotatable bonds is 6. The number of amides is 2. The molecule has 0 unspecified atom stereocenters. The van der Waals surface area contributed by atoms with Gasteiger partial charge in [-0.1, -0.05) is 11.3 Å². The molecule has 0 saturated carbocycles. The van der Waals surface area contributed by atoms with Crippen molar-refractivity contribution in [1.82, 2.24) is 10.3 Å². The molecule has 0 bridgehead atoms. The fraction of sp³-hybridized carbons (Fsp3) is 0.188. The zero-order chi connectivity index (χ0) is 18.7. The van der Waals surface area contributed by atoms with Crippen LogP contribution in [0.4, 0.5) is 5.13 Å².